The summed E-state index contributed by atoms with van der Waals surface area (Å²) < 4.78 is 0. The van der Waals surface area contributed by atoms with E-state index in [4.69, 9.17) is 5.84 Å². The number of hydrogen-bond donors (Lipinski definition) is 2. The van der Waals surface area contributed by atoms with Crippen LogP contribution in [0, 0.1) is 17.8 Å². The first-order chi connectivity index (χ1) is 6.67. The van der Waals surface area contributed by atoms with Crippen LogP contribution in [-0.2, 0) is 0 Å². The minimum absolute atomic E-state index is 0.548. The van der Waals surface area contributed by atoms with Gasteiger partial charge in [-0.3, -0.25) is 11.3 Å². The first kappa shape index (κ1) is 12.0. The lowest BCUT2D eigenvalue weighted by Crippen LogP contribution is -2.41. The second-order valence-electron chi connectivity index (χ2n) is 5.25. The molecule has 2 heteroatoms. The Kier molecular flexibility index (Phi) is 4.90. The van der Waals surface area contributed by atoms with E-state index in [0.29, 0.717) is 6.04 Å². The van der Waals surface area contributed by atoms with Crippen LogP contribution in [0.15, 0.2) is 0 Å². The van der Waals surface area contributed by atoms with Crippen LogP contribution in [0.4, 0.5) is 0 Å². The summed E-state index contributed by atoms with van der Waals surface area (Å²) in [6.45, 7) is 6.85. The Morgan fingerprint density at radius 2 is 2.07 bits per heavy atom. The van der Waals surface area contributed by atoms with Crippen LogP contribution < -0.4 is 11.3 Å². The molecule has 0 aromatic carbocycles. The largest absolute Gasteiger partial charge is 0.271 e. The van der Waals surface area contributed by atoms with Crippen molar-refractivity contribution in [3.8, 4) is 0 Å². The molecule has 0 spiro atoms. The molecule has 1 saturated carbocycles. The molecule has 14 heavy (non-hydrogen) atoms. The minimum atomic E-state index is 0.548. The summed E-state index contributed by atoms with van der Waals surface area (Å²) in [7, 11) is 0. The topological polar surface area (TPSA) is 38.0 Å². The Balaban J connectivity index is 2.38. The van der Waals surface area contributed by atoms with Gasteiger partial charge in [-0.1, -0.05) is 33.6 Å². The van der Waals surface area contributed by atoms with Gasteiger partial charge in [-0.2, -0.15) is 0 Å². The highest BCUT2D eigenvalue weighted by Gasteiger charge is 2.29. The van der Waals surface area contributed by atoms with Crippen molar-refractivity contribution in [1.82, 2.24) is 5.43 Å². The Morgan fingerprint density at radius 3 is 2.50 bits per heavy atom. The fourth-order valence-corrected chi connectivity index (χ4v) is 2.75. The molecule has 3 atom stereocenters. The predicted molar refractivity (Wildman–Crippen MR) is 61.7 cm³/mol. The Labute approximate surface area is 88.6 Å². The number of hydrazine groups is 1. The average molecular weight is 198 g/mol. The van der Waals surface area contributed by atoms with Gasteiger partial charge in [0.25, 0.3) is 0 Å². The van der Waals surface area contributed by atoms with Crippen LogP contribution in [0.5, 0.6) is 0 Å². The minimum Gasteiger partial charge on any atom is -0.271 e. The zero-order valence-electron chi connectivity index (χ0n) is 9.92. The fourth-order valence-electron chi connectivity index (χ4n) is 2.75. The van der Waals surface area contributed by atoms with Crippen molar-refractivity contribution in [3.05, 3.63) is 0 Å². The van der Waals surface area contributed by atoms with E-state index in [-0.39, 0.29) is 0 Å². The standard InChI is InChI=1S/C12H26N2/c1-4-10-5-6-11(8-10)12(14-13)7-9(2)3/h9-12,14H,4-8,13H2,1-3H3. The van der Waals surface area contributed by atoms with Crippen molar-refractivity contribution in [2.75, 3.05) is 0 Å². The summed E-state index contributed by atoms with van der Waals surface area (Å²) in [5.74, 6) is 8.17. The van der Waals surface area contributed by atoms with Crippen LogP contribution in [0.2, 0.25) is 0 Å². The molecular formula is C12H26N2. The maximum Gasteiger partial charge on any atom is 0.0241 e. The smallest absolute Gasteiger partial charge is 0.0241 e. The van der Waals surface area contributed by atoms with Gasteiger partial charge in [0.05, 0.1) is 0 Å². The molecule has 0 radical (unpaired) electrons. The third-order valence-corrected chi connectivity index (χ3v) is 3.67. The predicted octanol–water partition coefficient (Wildman–Crippen LogP) is 2.69. The van der Waals surface area contributed by atoms with Crippen LogP contribution in [0.25, 0.3) is 0 Å². The quantitative estimate of drug-likeness (QED) is 0.526. The molecule has 0 bridgehead atoms. The van der Waals surface area contributed by atoms with Crippen LogP contribution in [0.3, 0.4) is 0 Å². The third-order valence-electron chi connectivity index (χ3n) is 3.67. The van der Waals surface area contributed by atoms with Crippen molar-refractivity contribution < 1.29 is 0 Å². The normalized spacial score (nSPS) is 29.8. The van der Waals surface area contributed by atoms with Gasteiger partial charge in [0, 0.05) is 6.04 Å². The highest BCUT2D eigenvalue weighted by Crippen LogP contribution is 2.36. The van der Waals surface area contributed by atoms with Gasteiger partial charge < -0.3 is 0 Å². The highest BCUT2D eigenvalue weighted by molar-refractivity contribution is 4.83. The molecule has 0 aromatic rings. The van der Waals surface area contributed by atoms with E-state index < -0.39 is 0 Å². The Morgan fingerprint density at radius 1 is 1.36 bits per heavy atom. The average Bonchev–Trinajstić information content (AvgIpc) is 2.62. The molecule has 1 aliphatic carbocycles. The lowest BCUT2D eigenvalue weighted by Gasteiger charge is -2.24. The first-order valence-corrected chi connectivity index (χ1v) is 6.13. The van der Waals surface area contributed by atoms with Crippen molar-refractivity contribution in [3.63, 3.8) is 0 Å². The fraction of sp³-hybridized carbons (Fsp3) is 1.00. The van der Waals surface area contributed by atoms with Crippen LogP contribution in [0.1, 0.15) is 52.9 Å². The highest BCUT2D eigenvalue weighted by atomic mass is 15.2. The van der Waals surface area contributed by atoms with Crippen LogP contribution >= 0.6 is 0 Å². The van der Waals surface area contributed by atoms with Crippen molar-refractivity contribution >= 4 is 0 Å². The Bertz CT molecular complexity index is 156. The molecular weight excluding hydrogens is 172 g/mol. The molecule has 1 rings (SSSR count). The third kappa shape index (κ3) is 3.25. The van der Waals surface area contributed by atoms with Crippen molar-refractivity contribution in [2.45, 2.75) is 58.9 Å². The summed E-state index contributed by atoms with van der Waals surface area (Å²) in [6, 6.07) is 0.548. The molecule has 0 heterocycles. The van der Waals surface area contributed by atoms with Gasteiger partial charge >= 0.3 is 0 Å². The van der Waals surface area contributed by atoms with E-state index in [1.54, 1.807) is 0 Å². The summed E-state index contributed by atoms with van der Waals surface area (Å²) in [5.41, 5.74) is 3.02. The van der Waals surface area contributed by atoms with Crippen molar-refractivity contribution in [2.24, 2.45) is 23.6 Å². The molecule has 84 valence electrons. The van der Waals surface area contributed by atoms with Gasteiger partial charge in [0.15, 0.2) is 0 Å². The molecule has 1 fully saturated rings. The molecule has 3 N–H and O–H groups in total. The molecule has 3 unspecified atom stereocenters. The van der Waals surface area contributed by atoms with E-state index in [9.17, 15) is 0 Å². The first-order valence-electron chi connectivity index (χ1n) is 6.13. The summed E-state index contributed by atoms with van der Waals surface area (Å²) in [4.78, 5) is 0. The van der Waals surface area contributed by atoms with E-state index in [1.165, 1.54) is 32.1 Å². The second kappa shape index (κ2) is 5.72. The molecule has 0 aromatic heterocycles. The molecule has 1 aliphatic rings. The maximum atomic E-state index is 5.64. The maximum absolute atomic E-state index is 5.64. The van der Waals surface area contributed by atoms with Gasteiger partial charge in [-0.15, -0.1) is 0 Å². The van der Waals surface area contributed by atoms with Gasteiger partial charge in [-0.05, 0) is 37.0 Å². The zero-order valence-corrected chi connectivity index (χ0v) is 9.92. The lowest BCUT2D eigenvalue weighted by atomic mass is 9.90. The summed E-state index contributed by atoms with van der Waals surface area (Å²) in [5, 5.41) is 0. The van der Waals surface area contributed by atoms with E-state index in [2.05, 4.69) is 26.2 Å². The monoisotopic (exact) mass is 198 g/mol. The number of nitrogens with one attached hydrogen (secondary N) is 1. The number of hydrogen-bond acceptors (Lipinski definition) is 2. The SMILES string of the molecule is CCC1CCC(C(CC(C)C)NN)C1. The summed E-state index contributed by atoms with van der Waals surface area (Å²) in [6.07, 6.45) is 6.74. The molecule has 0 amide bonds. The van der Waals surface area contributed by atoms with Crippen molar-refractivity contribution in [1.29, 1.82) is 0 Å². The molecule has 2 nitrogen and oxygen atoms in total. The Hall–Kier alpha value is -0.0800. The van der Waals surface area contributed by atoms with Crippen LogP contribution in [-0.4, -0.2) is 6.04 Å². The number of nitrogens with two attached hydrogens (primary N) is 1. The molecule has 0 aliphatic heterocycles. The van der Waals surface area contributed by atoms with E-state index in [0.717, 1.165) is 17.8 Å². The van der Waals surface area contributed by atoms with E-state index >= 15 is 0 Å². The summed E-state index contributed by atoms with van der Waals surface area (Å²) >= 11 is 0. The number of rotatable bonds is 5. The second-order valence-corrected chi connectivity index (χ2v) is 5.25. The van der Waals surface area contributed by atoms with Gasteiger partial charge in [0.1, 0.15) is 0 Å². The molecule has 0 saturated heterocycles. The lowest BCUT2D eigenvalue weighted by molar-refractivity contribution is 0.304. The zero-order chi connectivity index (χ0) is 10.6. The van der Waals surface area contributed by atoms with Gasteiger partial charge in [0.2, 0.25) is 0 Å². The van der Waals surface area contributed by atoms with Gasteiger partial charge in [-0.25, -0.2) is 0 Å². The van der Waals surface area contributed by atoms with E-state index in [1.807, 2.05) is 0 Å².